The first-order chi connectivity index (χ1) is 8.63. The van der Waals surface area contributed by atoms with Crippen molar-refractivity contribution in [3.63, 3.8) is 0 Å². The Morgan fingerprint density at radius 1 is 1.22 bits per heavy atom. The van der Waals surface area contributed by atoms with E-state index >= 15 is 0 Å². The molecule has 0 saturated heterocycles. The number of rotatable bonds is 8. The van der Waals surface area contributed by atoms with Gasteiger partial charge in [0.25, 0.3) is 0 Å². The van der Waals surface area contributed by atoms with Crippen LogP contribution in [0.25, 0.3) is 0 Å². The summed E-state index contributed by atoms with van der Waals surface area (Å²) in [6, 6.07) is 8.61. The van der Waals surface area contributed by atoms with Crippen molar-refractivity contribution in [2.45, 2.75) is 39.3 Å². The van der Waals surface area contributed by atoms with Gasteiger partial charge < -0.3 is 14.8 Å². The van der Waals surface area contributed by atoms with Crippen LogP contribution in [0.15, 0.2) is 24.3 Å². The fraction of sp³-hybridized carbons (Fsp3) is 0.600. The van der Waals surface area contributed by atoms with Crippen LogP contribution in [0.1, 0.15) is 38.8 Å². The Bertz CT molecular complexity index is 339. The summed E-state index contributed by atoms with van der Waals surface area (Å²) in [4.78, 5) is 0. The summed E-state index contributed by atoms with van der Waals surface area (Å²) in [5.74, 6) is 0.938. The Balaban J connectivity index is 2.48. The van der Waals surface area contributed by atoms with Crippen molar-refractivity contribution in [3.05, 3.63) is 29.8 Å². The summed E-state index contributed by atoms with van der Waals surface area (Å²) in [6.07, 6.45) is 1.24. The van der Waals surface area contributed by atoms with E-state index in [4.69, 9.17) is 9.47 Å². The van der Waals surface area contributed by atoms with Gasteiger partial charge in [0.15, 0.2) is 0 Å². The van der Waals surface area contributed by atoms with Gasteiger partial charge in [0.1, 0.15) is 5.75 Å². The summed E-state index contributed by atoms with van der Waals surface area (Å²) < 4.78 is 10.7. The smallest absolute Gasteiger partial charge is 0.120 e. The van der Waals surface area contributed by atoms with E-state index in [9.17, 15) is 0 Å². The van der Waals surface area contributed by atoms with Gasteiger partial charge in [-0.05, 0) is 51.4 Å². The first-order valence-electron chi connectivity index (χ1n) is 6.62. The van der Waals surface area contributed by atoms with Gasteiger partial charge >= 0.3 is 0 Å². The second-order valence-electron chi connectivity index (χ2n) is 4.76. The highest BCUT2D eigenvalue weighted by molar-refractivity contribution is 5.30. The molecule has 0 bridgehead atoms. The predicted molar refractivity (Wildman–Crippen MR) is 75.1 cm³/mol. The van der Waals surface area contributed by atoms with Crippen molar-refractivity contribution < 1.29 is 9.47 Å². The van der Waals surface area contributed by atoms with Crippen molar-refractivity contribution in [1.82, 2.24) is 5.32 Å². The Kier molecular flexibility index (Phi) is 6.76. The molecule has 1 atom stereocenters. The van der Waals surface area contributed by atoms with Crippen LogP contribution in [-0.4, -0.2) is 26.4 Å². The third-order valence-corrected chi connectivity index (χ3v) is 2.71. The lowest BCUT2D eigenvalue weighted by Crippen LogP contribution is -2.20. The molecule has 1 rings (SSSR count). The standard InChI is InChI=1S/C15H25NO2/c1-12(2)18-15-8-5-7-14(11-15)13(3)16-9-6-10-17-4/h5,7-8,11-13,16H,6,9-10H2,1-4H3/t13-/m1/s1. The van der Waals surface area contributed by atoms with E-state index in [1.54, 1.807) is 7.11 Å². The minimum atomic E-state index is 0.213. The third-order valence-electron chi connectivity index (χ3n) is 2.71. The maximum absolute atomic E-state index is 5.70. The summed E-state index contributed by atoms with van der Waals surface area (Å²) >= 11 is 0. The maximum Gasteiger partial charge on any atom is 0.120 e. The molecular weight excluding hydrogens is 226 g/mol. The molecule has 0 unspecified atom stereocenters. The maximum atomic E-state index is 5.70. The fourth-order valence-corrected chi connectivity index (χ4v) is 1.78. The van der Waals surface area contributed by atoms with Crippen molar-refractivity contribution in [2.75, 3.05) is 20.3 Å². The van der Waals surface area contributed by atoms with Gasteiger partial charge in [-0.1, -0.05) is 12.1 Å². The highest BCUT2D eigenvalue weighted by Gasteiger charge is 2.06. The van der Waals surface area contributed by atoms with Gasteiger partial charge in [-0.2, -0.15) is 0 Å². The average Bonchev–Trinajstić information content (AvgIpc) is 2.34. The second-order valence-corrected chi connectivity index (χ2v) is 4.76. The van der Waals surface area contributed by atoms with E-state index in [0.29, 0.717) is 6.04 Å². The highest BCUT2D eigenvalue weighted by atomic mass is 16.5. The van der Waals surface area contributed by atoms with E-state index < -0.39 is 0 Å². The molecule has 1 aromatic rings. The predicted octanol–water partition coefficient (Wildman–Crippen LogP) is 3.16. The highest BCUT2D eigenvalue weighted by Crippen LogP contribution is 2.19. The van der Waals surface area contributed by atoms with Crippen molar-refractivity contribution in [1.29, 1.82) is 0 Å². The molecule has 3 nitrogen and oxygen atoms in total. The topological polar surface area (TPSA) is 30.5 Å². The first kappa shape index (κ1) is 15.0. The Hall–Kier alpha value is -1.06. The zero-order valence-corrected chi connectivity index (χ0v) is 11.9. The summed E-state index contributed by atoms with van der Waals surface area (Å²) in [6.45, 7) is 8.01. The van der Waals surface area contributed by atoms with E-state index in [1.165, 1.54) is 5.56 Å². The molecule has 0 spiro atoms. The monoisotopic (exact) mass is 251 g/mol. The van der Waals surface area contributed by atoms with E-state index in [-0.39, 0.29) is 6.10 Å². The third kappa shape index (κ3) is 5.52. The van der Waals surface area contributed by atoms with Gasteiger partial charge in [-0.15, -0.1) is 0 Å². The molecule has 102 valence electrons. The summed E-state index contributed by atoms with van der Waals surface area (Å²) in [7, 11) is 1.73. The van der Waals surface area contributed by atoms with E-state index in [1.807, 2.05) is 26.0 Å². The van der Waals surface area contributed by atoms with Crippen LogP contribution in [-0.2, 0) is 4.74 Å². The normalized spacial score (nSPS) is 12.7. The molecule has 18 heavy (non-hydrogen) atoms. The lowest BCUT2D eigenvalue weighted by molar-refractivity contribution is 0.193. The van der Waals surface area contributed by atoms with Gasteiger partial charge in [-0.3, -0.25) is 0 Å². The molecule has 0 aliphatic rings. The lowest BCUT2D eigenvalue weighted by Gasteiger charge is -2.16. The van der Waals surface area contributed by atoms with E-state index in [2.05, 4.69) is 24.4 Å². The fourth-order valence-electron chi connectivity index (χ4n) is 1.78. The number of methoxy groups -OCH3 is 1. The first-order valence-corrected chi connectivity index (χ1v) is 6.62. The Morgan fingerprint density at radius 3 is 2.67 bits per heavy atom. The molecule has 1 N–H and O–H groups in total. The Labute approximate surface area is 110 Å². The minimum absolute atomic E-state index is 0.213. The molecule has 0 heterocycles. The number of ether oxygens (including phenoxy) is 2. The lowest BCUT2D eigenvalue weighted by atomic mass is 10.1. The molecule has 0 aromatic heterocycles. The molecule has 0 aliphatic heterocycles. The summed E-state index contributed by atoms with van der Waals surface area (Å²) in [5.41, 5.74) is 1.26. The van der Waals surface area contributed by atoms with Crippen LogP contribution in [0.3, 0.4) is 0 Å². The second kappa shape index (κ2) is 8.11. The van der Waals surface area contributed by atoms with Crippen LogP contribution in [0.5, 0.6) is 5.75 Å². The zero-order chi connectivity index (χ0) is 13.4. The van der Waals surface area contributed by atoms with Crippen molar-refractivity contribution in [2.24, 2.45) is 0 Å². The number of nitrogens with one attached hydrogen (secondary N) is 1. The van der Waals surface area contributed by atoms with Gasteiger partial charge in [0.05, 0.1) is 6.10 Å². The van der Waals surface area contributed by atoms with Crippen LogP contribution in [0, 0.1) is 0 Å². The van der Waals surface area contributed by atoms with E-state index in [0.717, 1.165) is 25.3 Å². The quantitative estimate of drug-likeness (QED) is 0.720. The molecule has 0 radical (unpaired) electrons. The van der Waals surface area contributed by atoms with Gasteiger partial charge in [-0.25, -0.2) is 0 Å². The molecule has 1 aromatic carbocycles. The van der Waals surface area contributed by atoms with Crippen LogP contribution in [0.4, 0.5) is 0 Å². The van der Waals surface area contributed by atoms with Gasteiger partial charge in [0, 0.05) is 19.8 Å². The molecule has 0 fully saturated rings. The van der Waals surface area contributed by atoms with Crippen molar-refractivity contribution >= 4 is 0 Å². The van der Waals surface area contributed by atoms with Crippen LogP contribution >= 0.6 is 0 Å². The molecule has 0 amide bonds. The van der Waals surface area contributed by atoms with Crippen LogP contribution in [0.2, 0.25) is 0 Å². The average molecular weight is 251 g/mol. The largest absolute Gasteiger partial charge is 0.491 e. The van der Waals surface area contributed by atoms with Gasteiger partial charge in [0.2, 0.25) is 0 Å². The number of hydrogen-bond acceptors (Lipinski definition) is 3. The SMILES string of the molecule is COCCCN[C@H](C)c1cccc(OC(C)C)c1. The Morgan fingerprint density at radius 2 is 2.00 bits per heavy atom. The van der Waals surface area contributed by atoms with Crippen LogP contribution < -0.4 is 10.1 Å². The summed E-state index contributed by atoms with van der Waals surface area (Å²) in [5, 5.41) is 3.48. The molecule has 3 heteroatoms. The number of benzene rings is 1. The number of hydrogen-bond donors (Lipinski definition) is 1. The van der Waals surface area contributed by atoms with Crippen molar-refractivity contribution in [3.8, 4) is 5.75 Å². The molecule has 0 saturated carbocycles. The zero-order valence-electron chi connectivity index (χ0n) is 11.9. The minimum Gasteiger partial charge on any atom is -0.491 e. The molecular formula is C15H25NO2. The molecule has 0 aliphatic carbocycles.